The molecule has 0 aromatic rings. The van der Waals surface area contributed by atoms with Crippen LogP contribution in [0.25, 0.3) is 0 Å². The minimum Gasteiger partial charge on any atom is -0.379 e. The summed E-state index contributed by atoms with van der Waals surface area (Å²) in [7, 11) is 1.78. The lowest BCUT2D eigenvalue weighted by molar-refractivity contribution is 0.0157. The Kier molecular flexibility index (Phi) is 8.01. The number of nitrogens with zero attached hydrogens (tertiary/aromatic N) is 1. The summed E-state index contributed by atoms with van der Waals surface area (Å²) in [6.07, 6.45) is 1.05. The van der Waals surface area contributed by atoms with Crippen LogP contribution in [0.1, 0.15) is 48.0 Å². The summed E-state index contributed by atoms with van der Waals surface area (Å²) in [4.78, 5) is 2.51. The van der Waals surface area contributed by atoms with E-state index in [0.717, 1.165) is 26.1 Å². The summed E-state index contributed by atoms with van der Waals surface area (Å²) in [5.41, 5.74) is -0.0111. The Bertz CT molecular complexity index is 183. The molecule has 0 rings (SSSR count). The molecule has 0 bridgehead atoms. The van der Waals surface area contributed by atoms with Gasteiger partial charge in [0.1, 0.15) is 0 Å². The lowest BCUT2D eigenvalue weighted by Gasteiger charge is -2.30. The largest absolute Gasteiger partial charge is 0.379 e. The van der Waals surface area contributed by atoms with Crippen molar-refractivity contribution in [1.29, 1.82) is 0 Å². The van der Waals surface area contributed by atoms with Crippen LogP contribution >= 0.6 is 0 Å². The summed E-state index contributed by atoms with van der Waals surface area (Å²) >= 11 is 0. The highest BCUT2D eigenvalue weighted by Gasteiger charge is 2.15. The van der Waals surface area contributed by atoms with E-state index in [-0.39, 0.29) is 5.60 Å². The Morgan fingerprint density at radius 3 is 2.00 bits per heavy atom. The van der Waals surface area contributed by atoms with E-state index in [1.54, 1.807) is 7.11 Å². The van der Waals surface area contributed by atoms with Gasteiger partial charge in [-0.3, -0.25) is 4.90 Å². The van der Waals surface area contributed by atoms with Crippen molar-refractivity contribution in [3.8, 4) is 0 Å². The summed E-state index contributed by atoms with van der Waals surface area (Å²) in [6.45, 7) is 16.5. The minimum atomic E-state index is -0.0111. The van der Waals surface area contributed by atoms with Crippen molar-refractivity contribution in [3.05, 3.63) is 0 Å². The SMILES string of the molecule is COC(C)(C)CCNCCN(C(C)C)C(C)C. The van der Waals surface area contributed by atoms with Gasteiger partial charge in [-0.25, -0.2) is 0 Å². The van der Waals surface area contributed by atoms with E-state index >= 15 is 0 Å². The monoisotopic (exact) mass is 244 g/mol. The van der Waals surface area contributed by atoms with E-state index in [0.29, 0.717) is 12.1 Å². The zero-order chi connectivity index (χ0) is 13.5. The highest BCUT2D eigenvalue weighted by Crippen LogP contribution is 2.11. The van der Waals surface area contributed by atoms with Crippen molar-refractivity contribution in [2.24, 2.45) is 0 Å². The van der Waals surface area contributed by atoms with Gasteiger partial charge in [-0.2, -0.15) is 0 Å². The van der Waals surface area contributed by atoms with Gasteiger partial charge >= 0.3 is 0 Å². The van der Waals surface area contributed by atoms with Crippen LogP contribution in [0.15, 0.2) is 0 Å². The zero-order valence-electron chi connectivity index (χ0n) is 12.8. The Labute approximate surface area is 108 Å². The van der Waals surface area contributed by atoms with Crippen molar-refractivity contribution in [3.63, 3.8) is 0 Å². The summed E-state index contributed by atoms with van der Waals surface area (Å²) < 4.78 is 5.39. The Balaban J connectivity index is 3.70. The van der Waals surface area contributed by atoms with Crippen LogP contribution in [0.5, 0.6) is 0 Å². The molecular formula is C14H32N2O. The van der Waals surface area contributed by atoms with Crippen molar-refractivity contribution < 1.29 is 4.74 Å². The molecule has 0 fully saturated rings. The first kappa shape index (κ1) is 16.9. The second kappa shape index (κ2) is 8.06. The molecule has 0 aromatic heterocycles. The molecule has 0 spiro atoms. The smallest absolute Gasteiger partial charge is 0.0634 e. The van der Waals surface area contributed by atoms with Gasteiger partial charge in [0, 0.05) is 32.3 Å². The van der Waals surface area contributed by atoms with Crippen LogP contribution < -0.4 is 5.32 Å². The van der Waals surface area contributed by atoms with Gasteiger partial charge < -0.3 is 10.1 Å². The molecule has 0 aromatic carbocycles. The molecule has 17 heavy (non-hydrogen) atoms. The summed E-state index contributed by atoms with van der Waals surface area (Å²) in [5.74, 6) is 0. The van der Waals surface area contributed by atoms with E-state index in [4.69, 9.17) is 4.74 Å². The van der Waals surface area contributed by atoms with Crippen LogP contribution in [0.4, 0.5) is 0 Å². The molecular weight excluding hydrogens is 212 g/mol. The third-order valence-corrected chi connectivity index (χ3v) is 3.33. The molecule has 0 amide bonds. The van der Waals surface area contributed by atoms with E-state index in [9.17, 15) is 0 Å². The predicted molar refractivity (Wildman–Crippen MR) is 75.6 cm³/mol. The van der Waals surface area contributed by atoms with Crippen molar-refractivity contribution in [2.75, 3.05) is 26.7 Å². The van der Waals surface area contributed by atoms with E-state index in [1.807, 2.05) is 0 Å². The quantitative estimate of drug-likeness (QED) is 0.631. The molecule has 0 aliphatic carbocycles. The van der Waals surface area contributed by atoms with E-state index in [2.05, 4.69) is 51.8 Å². The predicted octanol–water partition coefficient (Wildman–Crippen LogP) is 2.51. The third-order valence-electron chi connectivity index (χ3n) is 3.33. The van der Waals surface area contributed by atoms with Crippen molar-refractivity contribution in [2.45, 2.75) is 65.6 Å². The standard InChI is InChI=1S/C14H32N2O/c1-12(2)16(13(3)4)11-10-15-9-8-14(5,6)17-7/h12-13,15H,8-11H2,1-7H3. The lowest BCUT2D eigenvalue weighted by Crippen LogP contribution is -2.42. The first-order chi connectivity index (χ1) is 7.80. The number of methoxy groups -OCH3 is 1. The number of ether oxygens (including phenoxy) is 1. The van der Waals surface area contributed by atoms with Gasteiger partial charge in [0.2, 0.25) is 0 Å². The van der Waals surface area contributed by atoms with Gasteiger partial charge in [0.25, 0.3) is 0 Å². The topological polar surface area (TPSA) is 24.5 Å². The first-order valence-electron chi connectivity index (χ1n) is 6.82. The minimum absolute atomic E-state index is 0.0111. The van der Waals surface area contributed by atoms with E-state index < -0.39 is 0 Å². The molecule has 0 saturated heterocycles. The van der Waals surface area contributed by atoms with Gasteiger partial charge in [-0.1, -0.05) is 0 Å². The average Bonchev–Trinajstić information content (AvgIpc) is 2.22. The van der Waals surface area contributed by atoms with Gasteiger partial charge in [0.05, 0.1) is 5.60 Å². The number of nitrogens with one attached hydrogen (secondary N) is 1. The highest BCUT2D eigenvalue weighted by atomic mass is 16.5. The van der Waals surface area contributed by atoms with E-state index in [1.165, 1.54) is 0 Å². The second-order valence-electron chi connectivity index (χ2n) is 5.89. The van der Waals surface area contributed by atoms with Crippen LogP contribution in [-0.4, -0.2) is 49.3 Å². The summed E-state index contributed by atoms with van der Waals surface area (Å²) in [6, 6.07) is 1.24. The maximum absolute atomic E-state index is 5.39. The molecule has 0 aliphatic heterocycles. The molecule has 0 aliphatic rings. The molecule has 104 valence electrons. The average molecular weight is 244 g/mol. The normalized spacial score (nSPS) is 13.1. The maximum atomic E-state index is 5.39. The van der Waals surface area contributed by atoms with Crippen LogP contribution in [0.2, 0.25) is 0 Å². The fourth-order valence-corrected chi connectivity index (χ4v) is 1.94. The Morgan fingerprint density at radius 1 is 1.06 bits per heavy atom. The summed E-state index contributed by atoms with van der Waals surface area (Å²) in [5, 5.41) is 3.49. The van der Waals surface area contributed by atoms with Gasteiger partial charge in [-0.05, 0) is 54.5 Å². The molecule has 1 N–H and O–H groups in total. The van der Waals surface area contributed by atoms with Gasteiger partial charge in [-0.15, -0.1) is 0 Å². The van der Waals surface area contributed by atoms with Crippen molar-refractivity contribution >= 4 is 0 Å². The molecule has 0 unspecified atom stereocenters. The Morgan fingerprint density at radius 2 is 1.59 bits per heavy atom. The lowest BCUT2D eigenvalue weighted by atomic mass is 10.1. The van der Waals surface area contributed by atoms with Crippen LogP contribution in [0, 0.1) is 0 Å². The fourth-order valence-electron chi connectivity index (χ4n) is 1.94. The maximum Gasteiger partial charge on any atom is 0.0634 e. The molecule has 0 saturated carbocycles. The highest BCUT2D eigenvalue weighted by molar-refractivity contribution is 4.71. The van der Waals surface area contributed by atoms with Crippen LogP contribution in [-0.2, 0) is 4.74 Å². The van der Waals surface area contributed by atoms with Gasteiger partial charge in [0.15, 0.2) is 0 Å². The van der Waals surface area contributed by atoms with Crippen LogP contribution in [0.3, 0.4) is 0 Å². The number of hydrogen-bond donors (Lipinski definition) is 1. The molecule has 0 heterocycles. The second-order valence-corrected chi connectivity index (χ2v) is 5.89. The van der Waals surface area contributed by atoms with Crippen molar-refractivity contribution in [1.82, 2.24) is 10.2 Å². The fraction of sp³-hybridized carbons (Fsp3) is 1.00. The molecule has 0 atom stereocenters. The molecule has 0 radical (unpaired) electrons. The number of hydrogen-bond acceptors (Lipinski definition) is 3. The molecule has 3 heteroatoms. The number of rotatable bonds is 9. The Hall–Kier alpha value is -0.120. The first-order valence-corrected chi connectivity index (χ1v) is 6.82. The zero-order valence-corrected chi connectivity index (χ0v) is 12.8. The molecule has 3 nitrogen and oxygen atoms in total. The third kappa shape index (κ3) is 7.74.